The number of amides is 1. The molecule has 2 aromatic heterocycles. The van der Waals surface area contributed by atoms with Crippen molar-refractivity contribution in [3.8, 4) is 0 Å². The molecule has 0 fully saturated rings. The number of halogens is 2. The number of nitrogens with one attached hydrogen (secondary N) is 1. The standard InChI is InChI=1S/C14H12Cl2N6OS/c1-7-12(20-24-19-7)6-22-8(2)13(18-21-22)14(23)17-9-3-4-10(15)11(16)5-9/h3-5H,6H2,1-2H3,(H,17,23). The number of carbonyl (C=O) groups is 1. The maximum Gasteiger partial charge on any atom is 0.278 e. The van der Waals surface area contributed by atoms with Crippen LogP contribution < -0.4 is 5.32 Å². The van der Waals surface area contributed by atoms with Crippen molar-refractivity contribution < 1.29 is 4.79 Å². The zero-order valence-electron chi connectivity index (χ0n) is 12.7. The number of aromatic nitrogens is 5. The summed E-state index contributed by atoms with van der Waals surface area (Å²) in [4.78, 5) is 12.4. The van der Waals surface area contributed by atoms with E-state index in [2.05, 4.69) is 24.4 Å². The molecule has 0 bridgehead atoms. The Bertz CT molecular complexity index is 907. The van der Waals surface area contributed by atoms with Crippen LogP contribution in [0.4, 0.5) is 5.69 Å². The zero-order valence-corrected chi connectivity index (χ0v) is 15.1. The van der Waals surface area contributed by atoms with Gasteiger partial charge in [0.1, 0.15) is 0 Å². The Labute approximate surface area is 151 Å². The third-order valence-electron chi connectivity index (χ3n) is 3.42. The largest absolute Gasteiger partial charge is 0.320 e. The lowest BCUT2D eigenvalue weighted by molar-refractivity contribution is 0.102. The van der Waals surface area contributed by atoms with Crippen LogP contribution in [0.15, 0.2) is 18.2 Å². The van der Waals surface area contributed by atoms with Crippen LogP contribution in [-0.4, -0.2) is 29.6 Å². The quantitative estimate of drug-likeness (QED) is 0.747. The number of hydrogen-bond acceptors (Lipinski definition) is 6. The first-order chi connectivity index (χ1) is 11.5. The molecule has 0 saturated heterocycles. The predicted molar refractivity (Wildman–Crippen MR) is 92.9 cm³/mol. The van der Waals surface area contributed by atoms with Gasteiger partial charge in [0, 0.05) is 5.69 Å². The number of hydrogen-bond donors (Lipinski definition) is 1. The Balaban J connectivity index is 1.78. The lowest BCUT2D eigenvalue weighted by atomic mass is 10.2. The second-order valence-corrected chi connectivity index (χ2v) is 6.40. The molecule has 1 amide bonds. The van der Waals surface area contributed by atoms with Gasteiger partial charge < -0.3 is 5.32 Å². The smallest absolute Gasteiger partial charge is 0.278 e. The minimum absolute atomic E-state index is 0.238. The van der Waals surface area contributed by atoms with E-state index in [9.17, 15) is 4.79 Å². The number of rotatable bonds is 4. The molecule has 7 nitrogen and oxygen atoms in total. The van der Waals surface area contributed by atoms with Crippen LogP contribution in [-0.2, 0) is 6.54 Å². The number of benzene rings is 1. The van der Waals surface area contributed by atoms with Crippen LogP contribution in [0.2, 0.25) is 10.0 Å². The number of aryl methyl sites for hydroxylation is 1. The first kappa shape index (κ1) is 16.8. The van der Waals surface area contributed by atoms with E-state index in [1.807, 2.05) is 6.92 Å². The van der Waals surface area contributed by atoms with Gasteiger partial charge in [-0.05, 0) is 32.0 Å². The Kier molecular flexibility index (Phi) is 4.79. The van der Waals surface area contributed by atoms with Crippen LogP contribution in [0.1, 0.15) is 27.6 Å². The molecule has 0 unspecified atom stereocenters. The molecule has 1 aromatic carbocycles. The Morgan fingerprint density at radius 1 is 1.25 bits per heavy atom. The van der Waals surface area contributed by atoms with E-state index < -0.39 is 0 Å². The number of carbonyl (C=O) groups excluding carboxylic acids is 1. The second-order valence-electron chi connectivity index (χ2n) is 5.06. The molecule has 3 rings (SSSR count). The SMILES string of the molecule is Cc1nsnc1Cn1nnc(C(=O)Nc2ccc(Cl)c(Cl)c2)c1C. The summed E-state index contributed by atoms with van der Waals surface area (Å²) in [5.41, 5.74) is 3.06. The topological polar surface area (TPSA) is 85.6 Å². The lowest BCUT2D eigenvalue weighted by Crippen LogP contribution is -2.14. The summed E-state index contributed by atoms with van der Waals surface area (Å²) in [5.74, 6) is -0.370. The van der Waals surface area contributed by atoms with Gasteiger partial charge >= 0.3 is 0 Å². The van der Waals surface area contributed by atoms with Gasteiger partial charge in [-0.15, -0.1) is 5.10 Å². The van der Waals surface area contributed by atoms with E-state index in [4.69, 9.17) is 23.2 Å². The normalized spacial score (nSPS) is 10.8. The van der Waals surface area contributed by atoms with E-state index in [0.29, 0.717) is 28.0 Å². The third-order valence-corrected chi connectivity index (χ3v) is 4.82. The molecule has 0 radical (unpaired) electrons. The fourth-order valence-electron chi connectivity index (χ4n) is 2.02. The molecule has 0 atom stereocenters. The molecular weight excluding hydrogens is 371 g/mol. The molecule has 2 heterocycles. The minimum Gasteiger partial charge on any atom is -0.320 e. The summed E-state index contributed by atoms with van der Waals surface area (Å²) in [6.07, 6.45) is 0. The van der Waals surface area contributed by atoms with E-state index >= 15 is 0 Å². The average Bonchev–Trinajstić information content (AvgIpc) is 3.10. The van der Waals surface area contributed by atoms with Gasteiger partial charge in [0.15, 0.2) is 5.69 Å². The minimum atomic E-state index is -0.370. The van der Waals surface area contributed by atoms with Crippen molar-refractivity contribution in [3.05, 3.63) is 51.0 Å². The number of anilines is 1. The lowest BCUT2D eigenvalue weighted by Gasteiger charge is -2.05. The van der Waals surface area contributed by atoms with Gasteiger partial charge in [0.2, 0.25) is 0 Å². The van der Waals surface area contributed by atoms with E-state index in [0.717, 1.165) is 23.1 Å². The van der Waals surface area contributed by atoms with Crippen molar-refractivity contribution in [1.29, 1.82) is 0 Å². The Hall–Kier alpha value is -2.03. The summed E-state index contributed by atoms with van der Waals surface area (Å²) in [6.45, 7) is 4.07. The van der Waals surface area contributed by atoms with Crippen molar-refractivity contribution in [2.24, 2.45) is 0 Å². The Morgan fingerprint density at radius 2 is 2.04 bits per heavy atom. The molecular formula is C14H12Cl2N6OS. The summed E-state index contributed by atoms with van der Waals surface area (Å²) in [7, 11) is 0. The first-order valence-electron chi connectivity index (χ1n) is 6.90. The highest BCUT2D eigenvalue weighted by Crippen LogP contribution is 2.25. The van der Waals surface area contributed by atoms with E-state index in [-0.39, 0.29) is 11.6 Å². The van der Waals surface area contributed by atoms with Crippen molar-refractivity contribution in [3.63, 3.8) is 0 Å². The molecule has 124 valence electrons. The molecule has 0 aliphatic rings. The first-order valence-corrected chi connectivity index (χ1v) is 8.39. The fraction of sp³-hybridized carbons (Fsp3) is 0.214. The highest BCUT2D eigenvalue weighted by atomic mass is 35.5. The molecule has 3 aromatic rings. The zero-order chi connectivity index (χ0) is 17.3. The molecule has 24 heavy (non-hydrogen) atoms. The van der Waals surface area contributed by atoms with Gasteiger partial charge in [-0.2, -0.15) is 8.75 Å². The summed E-state index contributed by atoms with van der Waals surface area (Å²) < 4.78 is 9.95. The molecule has 0 aliphatic heterocycles. The van der Waals surface area contributed by atoms with Crippen molar-refractivity contribution >= 4 is 46.5 Å². The Morgan fingerprint density at radius 3 is 2.71 bits per heavy atom. The van der Waals surface area contributed by atoms with Gasteiger partial charge in [0.25, 0.3) is 5.91 Å². The molecule has 1 N–H and O–H groups in total. The fourth-order valence-corrected chi connectivity index (χ4v) is 2.87. The maximum atomic E-state index is 12.4. The van der Waals surface area contributed by atoms with Gasteiger partial charge in [0.05, 0.1) is 45.4 Å². The summed E-state index contributed by atoms with van der Waals surface area (Å²) >= 11 is 13.0. The summed E-state index contributed by atoms with van der Waals surface area (Å²) in [5, 5.41) is 11.5. The molecule has 0 spiro atoms. The van der Waals surface area contributed by atoms with Crippen LogP contribution in [0, 0.1) is 13.8 Å². The second kappa shape index (κ2) is 6.84. The highest BCUT2D eigenvalue weighted by molar-refractivity contribution is 6.99. The predicted octanol–water partition coefficient (Wildman–Crippen LogP) is 3.35. The van der Waals surface area contributed by atoms with Crippen molar-refractivity contribution in [2.75, 3.05) is 5.32 Å². The van der Waals surface area contributed by atoms with Crippen LogP contribution >= 0.6 is 34.9 Å². The monoisotopic (exact) mass is 382 g/mol. The van der Waals surface area contributed by atoms with Crippen LogP contribution in [0.5, 0.6) is 0 Å². The van der Waals surface area contributed by atoms with Gasteiger partial charge in [-0.25, -0.2) is 4.68 Å². The van der Waals surface area contributed by atoms with Gasteiger partial charge in [-0.1, -0.05) is 28.4 Å². The molecule has 0 saturated carbocycles. The van der Waals surface area contributed by atoms with E-state index in [1.165, 1.54) is 0 Å². The van der Waals surface area contributed by atoms with E-state index in [1.54, 1.807) is 29.8 Å². The molecule has 10 heteroatoms. The van der Waals surface area contributed by atoms with Crippen LogP contribution in [0.25, 0.3) is 0 Å². The maximum absolute atomic E-state index is 12.4. The third kappa shape index (κ3) is 3.40. The van der Waals surface area contributed by atoms with Crippen LogP contribution in [0.3, 0.4) is 0 Å². The van der Waals surface area contributed by atoms with Crippen molar-refractivity contribution in [2.45, 2.75) is 20.4 Å². The molecule has 0 aliphatic carbocycles. The summed E-state index contributed by atoms with van der Waals surface area (Å²) in [6, 6.07) is 4.85. The highest BCUT2D eigenvalue weighted by Gasteiger charge is 2.18. The van der Waals surface area contributed by atoms with Crippen molar-refractivity contribution in [1.82, 2.24) is 23.7 Å². The number of nitrogens with zero attached hydrogens (tertiary/aromatic N) is 5. The average molecular weight is 383 g/mol. The van der Waals surface area contributed by atoms with Gasteiger partial charge in [-0.3, -0.25) is 4.79 Å².